The maximum absolute atomic E-state index is 10.9. The number of anilines is 1. The van der Waals surface area contributed by atoms with E-state index in [-0.39, 0.29) is 5.56 Å². The highest BCUT2D eigenvalue weighted by Crippen LogP contribution is 2.14. The maximum atomic E-state index is 10.9. The summed E-state index contributed by atoms with van der Waals surface area (Å²) in [6.45, 7) is 4.52. The van der Waals surface area contributed by atoms with Crippen LogP contribution in [0.5, 0.6) is 0 Å². The molecule has 0 bridgehead atoms. The van der Waals surface area contributed by atoms with E-state index < -0.39 is 5.97 Å². The summed E-state index contributed by atoms with van der Waals surface area (Å²) in [4.78, 5) is 15.0. The normalized spacial score (nSPS) is 10.5. The molecule has 0 aliphatic heterocycles. The lowest BCUT2D eigenvalue weighted by atomic mass is 10.2. The highest BCUT2D eigenvalue weighted by molar-refractivity contribution is 5.88. The minimum absolute atomic E-state index is 0.220. The Balaban J connectivity index is 2.14. The monoisotopic (exact) mass is 260 g/mol. The van der Waals surface area contributed by atoms with Crippen molar-refractivity contribution in [3.05, 3.63) is 40.8 Å². The van der Waals surface area contributed by atoms with Gasteiger partial charge in [-0.3, -0.25) is 4.68 Å². The molecule has 2 aromatic heterocycles. The van der Waals surface area contributed by atoms with Crippen molar-refractivity contribution in [1.82, 2.24) is 14.8 Å². The van der Waals surface area contributed by atoms with Crippen LogP contribution < -0.4 is 5.32 Å². The molecule has 0 aliphatic carbocycles. The van der Waals surface area contributed by atoms with E-state index in [0.29, 0.717) is 12.4 Å². The number of rotatable bonds is 4. The third kappa shape index (κ3) is 2.73. The summed E-state index contributed by atoms with van der Waals surface area (Å²) in [5, 5.41) is 16.4. The fourth-order valence-electron chi connectivity index (χ4n) is 1.91. The zero-order valence-electron chi connectivity index (χ0n) is 11.1. The van der Waals surface area contributed by atoms with E-state index in [2.05, 4.69) is 15.4 Å². The van der Waals surface area contributed by atoms with E-state index in [1.165, 1.54) is 18.3 Å². The van der Waals surface area contributed by atoms with Crippen molar-refractivity contribution in [3.8, 4) is 0 Å². The Morgan fingerprint density at radius 1 is 1.47 bits per heavy atom. The van der Waals surface area contributed by atoms with Crippen molar-refractivity contribution < 1.29 is 9.90 Å². The lowest BCUT2D eigenvalue weighted by molar-refractivity contribution is 0.0697. The number of carbonyl (C=O) groups is 1. The summed E-state index contributed by atoms with van der Waals surface area (Å²) in [6.07, 6.45) is 1.48. The number of carboxylic acid groups (broad SMARTS) is 1. The number of aryl methyl sites for hydroxylation is 2. The van der Waals surface area contributed by atoms with Gasteiger partial charge in [-0.15, -0.1) is 0 Å². The summed E-state index contributed by atoms with van der Waals surface area (Å²) in [5.74, 6) is -0.415. The van der Waals surface area contributed by atoms with Crippen LogP contribution in [-0.2, 0) is 13.6 Å². The smallest absolute Gasteiger partial charge is 0.335 e. The van der Waals surface area contributed by atoms with E-state index >= 15 is 0 Å². The summed E-state index contributed by atoms with van der Waals surface area (Å²) in [5.41, 5.74) is 3.36. The van der Waals surface area contributed by atoms with E-state index in [1.807, 2.05) is 25.6 Å². The number of carboxylic acids is 1. The Kier molecular flexibility index (Phi) is 3.50. The third-order valence-corrected chi connectivity index (χ3v) is 3.11. The number of hydrogen-bond acceptors (Lipinski definition) is 4. The molecule has 6 nitrogen and oxygen atoms in total. The zero-order valence-corrected chi connectivity index (χ0v) is 11.1. The minimum Gasteiger partial charge on any atom is -0.478 e. The lowest BCUT2D eigenvalue weighted by Crippen LogP contribution is -2.05. The Bertz CT molecular complexity index is 619. The second-order valence-corrected chi connectivity index (χ2v) is 4.36. The Morgan fingerprint density at radius 2 is 2.21 bits per heavy atom. The summed E-state index contributed by atoms with van der Waals surface area (Å²) in [7, 11) is 1.90. The van der Waals surface area contributed by atoms with Gasteiger partial charge in [-0.05, 0) is 26.0 Å². The van der Waals surface area contributed by atoms with Gasteiger partial charge in [0, 0.05) is 31.0 Å². The van der Waals surface area contributed by atoms with Crippen LogP contribution in [0.1, 0.15) is 27.3 Å². The van der Waals surface area contributed by atoms with Gasteiger partial charge in [0.15, 0.2) is 0 Å². The number of pyridine rings is 1. The highest BCUT2D eigenvalue weighted by Gasteiger charge is 2.09. The van der Waals surface area contributed by atoms with Crippen LogP contribution in [0.4, 0.5) is 5.82 Å². The predicted octanol–water partition coefficient (Wildman–Crippen LogP) is 1.74. The van der Waals surface area contributed by atoms with Crippen LogP contribution in [-0.4, -0.2) is 25.8 Å². The fraction of sp³-hybridized carbons (Fsp3) is 0.308. The van der Waals surface area contributed by atoms with Gasteiger partial charge in [-0.2, -0.15) is 5.10 Å². The molecule has 2 aromatic rings. The molecule has 19 heavy (non-hydrogen) atoms. The minimum atomic E-state index is -0.959. The van der Waals surface area contributed by atoms with Crippen molar-refractivity contribution in [1.29, 1.82) is 0 Å². The molecular weight excluding hydrogens is 244 g/mol. The summed E-state index contributed by atoms with van der Waals surface area (Å²) >= 11 is 0. The van der Waals surface area contributed by atoms with Crippen LogP contribution in [0.25, 0.3) is 0 Å². The van der Waals surface area contributed by atoms with Gasteiger partial charge < -0.3 is 10.4 Å². The second kappa shape index (κ2) is 5.09. The molecule has 2 N–H and O–H groups in total. The average molecular weight is 260 g/mol. The molecule has 0 unspecified atom stereocenters. The molecule has 6 heteroatoms. The fourth-order valence-corrected chi connectivity index (χ4v) is 1.91. The Morgan fingerprint density at radius 3 is 2.79 bits per heavy atom. The quantitative estimate of drug-likeness (QED) is 0.875. The van der Waals surface area contributed by atoms with Crippen LogP contribution in [0.2, 0.25) is 0 Å². The van der Waals surface area contributed by atoms with E-state index in [9.17, 15) is 4.79 Å². The molecule has 0 fully saturated rings. The third-order valence-electron chi connectivity index (χ3n) is 3.11. The summed E-state index contributed by atoms with van der Waals surface area (Å²) < 4.78 is 1.83. The molecule has 0 saturated carbocycles. The number of hydrogen-bond donors (Lipinski definition) is 2. The molecule has 0 atom stereocenters. The van der Waals surface area contributed by atoms with Crippen LogP contribution in [0, 0.1) is 13.8 Å². The van der Waals surface area contributed by atoms with Crippen LogP contribution >= 0.6 is 0 Å². The van der Waals surface area contributed by atoms with Gasteiger partial charge in [0.1, 0.15) is 5.82 Å². The van der Waals surface area contributed by atoms with E-state index in [4.69, 9.17) is 5.11 Å². The number of nitrogens with one attached hydrogen (secondary N) is 1. The topological polar surface area (TPSA) is 80.0 Å². The number of aromatic carboxylic acids is 1. The van der Waals surface area contributed by atoms with E-state index in [1.54, 1.807) is 0 Å². The van der Waals surface area contributed by atoms with Gasteiger partial charge in [0.25, 0.3) is 0 Å². The molecule has 2 rings (SSSR count). The Labute approximate surface area is 111 Å². The number of aromatic nitrogens is 3. The first kappa shape index (κ1) is 13.1. The molecule has 100 valence electrons. The molecular formula is C13H16N4O2. The van der Waals surface area contributed by atoms with Crippen molar-refractivity contribution in [2.45, 2.75) is 20.4 Å². The zero-order chi connectivity index (χ0) is 14.0. The summed E-state index contributed by atoms with van der Waals surface area (Å²) in [6, 6.07) is 2.98. The largest absolute Gasteiger partial charge is 0.478 e. The molecule has 0 aliphatic rings. The molecule has 0 radical (unpaired) electrons. The highest BCUT2D eigenvalue weighted by atomic mass is 16.4. The van der Waals surface area contributed by atoms with Gasteiger partial charge >= 0.3 is 5.97 Å². The molecule has 0 amide bonds. The van der Waals surface area contributed by atoms with Crippen molar-refractivity contribution in [2.24, 2.45) is 7.05 Å². The lowest BCUT2D eigenvalue weighted by Gasteiger charge is -2.06. The molecule has 0 saturated heterocycles. The van der Waals surface area contributed by atoms with Crippen LogP contribution in [0.15, 0.2) is 18.3 Å². The van der Waals surface area contributed by atoms with Gasteiger partial charge in [0.05, 0.1) is 11.3 Å². The van der Waals surface area contributed by atoms with E-state index in [0.717, 1.165) is 17.0 Å². The SMILES string of the molecule is Cc1nn(C)c(C)c1CNc1cc(C(=O)O)ccn1. The Hall–Kier alpha value is -2.37. The van der Waals surface area contributed by atoms with Crippen molar-refractivity contribution >= 4 is 11.8 Å². The van der Waals surface area contributed by atoms with Crippen molar-refractivity contribution in [2.75, 3.05) is 5.32 Å². The molecule has 0 spiro atoms. The maximum Gasteiger partial charge on any atom is 0.335 e. The average Bonchev–Trinajstić information content (AvgIpc) is 2.61. The first-order valence-corrected chi connectivity index (χ1v) is 5.91. The predicted molar refractivity (Wildman–Crippen MR) is 71.2 cm³/mol. The second-order valence-electron chi connectivity index (χ2n) is 4.36. The molecule has 2 heterocycles. The van der Waals surface area contributed by atoms with Crippen LogP contribution in [0.3, 0.4) is 0 Å². The van der Waals surface area contributed by atoms with Gasteiger partial charge in [0.2, 0.25) is 0 Å². The van der Waals surface area contributed by atoms with Crippen molar-refractivity contribution in [3.63, 3.8) is 0 Å². The van der Waals surface area contributed by atoms with Gasteiger partial charge in [-0.1, -0.05) is 0 Å². The standard InChI is InChI=1S/C13H16N4O2/c1-8-11(9(2)17(3)16-8)7-15-12-6-10(13(18)19)4-5-14-12/h4-6H,7H2,1-3H3,(H,14,15)(H,18,19). The number of nitrogens with zero attached hydrogens (tertiary/aromatic N) is 3. The first-order chi connectivity index (χ1) is 8.99. The molecule has 0 aromatic carbocycles. The van der Waals surface area contributed by atoms with Gasteiger partial charge in [-0.25, -0.2) is 9.78 Å². The first-order valence-electron chi connectivity index (χ1n) is 5.91.